The Morgan fingerprint density at radius 1 is 0.897 bits per heavy atom. The van der Waals surface area contributed by atoms with Crippen LogP contribution in [0.3, 0.4) is 0 Å². The second-order valence-corrected chi connectivity index (χ2v) is 9.52. The van der Waals surface area contributed by atoms with Crippen LogP contribution in [0.4, 0.5) is 0 Å². The number of likely N-dealkylation sites (tertiary alicyclic amines) is 1. The summed E-state index contributed by atoms with van der Waals surface area (Å²) in [5, 5.41) is -0.412. The number of amides is 3. The highest BCUT2D eigenvalue weighted by Gasteiger charge is 2.47. The van der Waals surface area contributed by atoms with Gasteiger partial charge in [0.25, 0.3) is 11.8 Å². The van der Waals surface area contributed by atoms with Gasteiger partial charge in [-0.2, -0.15) is 11.8 Å². The van der Waals surface area contributed by atoms with Crippen molar-refractivity contribution in [3.05, 3.63) is 31.2 Å². The summed E-state index contributed by atoms with van der Waals surface area (Å²) in [4.78, 5) is 42.5. The minimum atomic E-state index is -0.919. The summed E-state index contributed by atoms with van der Waals surface area (Å²) >= 11 is 26.2. The van der Waals surface area contributed by atoms with Crippen molar-refractivity contribution in [1.29, 1.82) is 0 Å². The lowest BCUT2D eigenvalue weighted by Gasteiger charge is -2.31. The second kappa shape index (κ2) is 9.65. The highest BCUT2D eigenvalue weighted by Crippen LogP contribution is 2.45. The Bertz CT molecular complexity index is 810. The number of halogens is 4. The molecule has 0 saturated carbocycles. The van der Waals surface area contributed by atoms with Crippen LogP contribution in [0.2, 0.25) is 20.1 Å². The van der Waals surface area contributed by atoms with Crippen LogP contribution in [0.5, 0.6) is 0 Å². The van der Waals surface area contributed by atoms with Crippen LogP contribution in [0.25, 0.3) is 0 Å². The first-order valence-electron chi connectivity index (χ1n) is 9.32. The Labute approximate surface area is 194 Å². The third-order valence-corrected chi connectivity index (χ3v) is 7.69. The van der Waals surface area contributed by atoms with Gasteiger partial charge in [-0.1, -0.05) is 59.2 Å². The molecule has 1 aromatic carbocycles. The van der Waals surface area contributed by atoms with E-state index in [1.54, 1.807) is 16.7 Å². The van der Waals surface area contributed by atoms with Crippen LogP contribution in [0.1, 0.15) is 52.8 Å². The molecule has 1 aromatic rings. The summed E-state index contributed by atoms with van der Waals surface area (Å²) < 4.78 is 0. The Balaban J connectivity index is 2.01. The van der Waals surface area contributed by atoms with E-state index in [2.05, 4.69) is 0 Å². The molecule has 1 atom stereocenters. The molecule has 2 aliphatic heterocycles. The smallest absolute Gasteiger partial charge is 0.263 e. The summed E-state index contributed by atoms with van der Waals surface area (Å²) in [6.45, 7) is 1.24. The molecular formula is C19H20Cl4N2O3S. The number of thioether (sulfide) groups is 1. The summed E-state index contributed by atoms with van der Waals surface area (Å²) in [5.41, 5.74) is -0.178. The fourth-order valence-corrected chi connectivity index (χ4v) is 5.22. The van der Waals surface area contributed by atoms with Crippen LogP contribution in [-0.4, -0.2) is 58.7 Å². The molecule has 0 bridgehead atoms. The molecule has 0 unspecified atom stereocenters. The third kappa shape index (κ3) is 4.24. The van der Waals surface area contributed by atoms with E-state index in [1.807, 2.05) is 6.26 Å². The minimum Gasteiger partial charge on any atom is -0.341 e. The van der Waals surface area contributed by atoms with E-state index in [0.717, 1.165) is 30.6 Å². The quantitative estimate of drug-likeness (QED) is 0.309. The molecule has 2 aliphatic rings. The van der Waals surface area contributed by atoms with Crippen LogP contribution in [-0.2, 0) is 4.79 Å². The standard InChI is InChI=1S/C19H20Cl4N2O3S/c1-29-9-6-10(17(26)24-7-4-2-3-5-8-24)25-18(27)11-12(19(25)28)14(21)16(23)15(22)13(11)20/h10H,2-9H2,1H3/t10-/m0/s1. The summed E-state index contributed by atoms with van der Waals surface area (Å²) in [5.74, 6) is -0.935. The molecule has 29 heavy (non-hydrogen) atoms. The fourth-order valence-electron chi connectivity index (χ4n) is 3.74. The fraction of sp³-hybridized carbons (Fsp3) is 0.526. The molecule has 1 saturated heterocycles. The average molecular weight is 498 g/mol. The van der Waals surface area contributed by atoms with Gasteiger partial charge in [0.15, 0.2) is 0 Å². The Kier molecular flexibility index (Phi) is 7.66. The van der Waals surface area contributed by atoms with Crippen molar-refractivity contribution in [3.63, 3.8) is 0 Å². The van der Waals surface area contributed by atoms with Crippen LogP contribution in [0.15, 0.2) is 0 Å². The van der Waals surface area contributed by atoms with E-state index in [1.165, 1.54) is 0 Å². The lowest BCUT2D eigenvalue weighted by molar-refractivity contribution is -0.135. The van der Waals surface area contributed by atoms with Crippen molar-refractivity contribution in [2.75, 3.05) is 25.1 Å². The number of nitrogens with zero attached hydrogens (tertiary/aromatic N) is 2. The molecule has 0 radical (unpaired) electrons. The maximum Gasteiger partial charge on any atom is 0.263 e. The maximum absolute atomic E-state index is 13.3. The van der Waals surface area contributed by atoms with Gasteiger partial charge < -0.3 is 4.90 Å². The topological polar surface area (TPSA) is 57.7 Å². The number of carbonyl (C=O) groups is 3. The highest BCUT2D eigenvalue weighted by atomic mass is 35.5. The van der Waals surface area contributed by atoms with Gasteiger partial charge in [0.2, 0.25) is 5.91 Å². The zero-order chi connectivity index (χ0) is 21.3. The minimum absolute atomic E-state index is 0.0837. The SMILES string of the molecule is CSCC[C@@H](C(=O)N1CCCCCC1)N1C(=O)c2c(Cl)c(Cl)c(Cl)c(Cl)c2C1=O. The molecule has 5 nitrogen and oxygen atoms in total. The van der Waals surface area contributed by atoms with Crippen LogP contribution in [0, 0.1) is 0 Å². The zero-order valence-corrected chi connectivity index (χ0v) is 19.6. The Hall–Kier alpha value is -0.660. The number of hydrogen-bond acceptors (Lipinski definition) is 4. The maximum atomic E-state index is 13.3. The van der Waals surface area contributed by atoms with Gasteiger partial charge in [0, 0.05) is 13.1 Å². The van der Waals surface area contributed by atoms with E-state index in [4.69, 9.17) is 46.4 Å². The van der Waals surface area contributed by atoms with Gasteiger partial charge in [0.05, 0.1) is 31.2 Å². The number of carbonyl (C=O) groups excluding carboxylic acids is 3. The monoisotopic (exact) mass is 496 g/mol. The predicted molar refractivity (Wildman–Crippen MR) is 119 cm³/mol. The van der Waals surface area contributed by atoms with Crippen molar-refractivity contribution in [3.8, 4) is 0 Å². The Morgan fingerprint density at radius 2 is 1.38 bits per heavy atom. The van der Waals surface area contributed by atoms with Gasteiger partial charge >= 0.3 is 0 Å². The summed E-state index contributed by atoms with van der Waals surface area (Å²) in [7, 11) is 0. The summed E-state index contributed by atoms with van der Waals surface area (Å²) in [6.07, 6.45) is 6.20. The van der Waals surface area contributed by atoms with E-state index < -0.39 is 17.9 Å². The van der Waals surface area contributed by atoms with Gasteiger partial charge in [-0.05, 0) is 31.3 Å². The molecule has 2 heterocycles. The molecule has 3 rings (SSSR count). The average Bonchev–Trinajstić information content (AvgIpc) is 2.89. The molecule has 0 aromatic heterocycles. The van der Waals surface area contributed by atoms with Crippen molar-refractivity contribution >= 4 is 75.9 Å². The first kappa shape index (κ1) is 23.0. The molecule has 3 amide bonds. The zero-order valence-electron chi connectivity index (χ0n) is 15.8. The summed E-state index contributed by atoms with van der Waals surface area (Å²) in [6, 6.07) is -0.919. The lowest BCUT2D eigenvalue weighted by atomic mass is 10.1. The molecule has 0 N–H and O–H groups in total. The van der Waals surface area contributed by atoms with Crippen molar-refractivity contribution in [2.45, 2.75) is 38.1 Å². The molecule has 10 heteroatoms. The molecule has 158 valence electrons. The van der Waals surface area contributed by atoms with E-state index in [-0.39, 0.29) is 37.1 Å². The van der Waals surface area contributed by atoms with Crippen LogP contribution >= 0.6 is 58.2 Å². The van der Waals surface area contributed by atoms with Gasteiger partial charge in [-0.25, -0.2) is 0 Å². The normalized spacial score (nSPS) is 18.1. The number of imide groups is 1. The molecule has 0 spiro atoms. The number of rotatable bonds is 5. The molecule has 0 aliphatic carbocycles. The van der Waals surface area contributed by atoms with Crippen molar-refractivity contribution < 1.29 is 14.4 Å². The van der Waals surface area contributed by atoms with Crippen molar-refractivity contribution in [2.24, 2.45) is 0 Å². The predicted octanol–water partition coefficient (Wildman–Crippen LogP) is 5.42. The highest BCUT2D eigenvalue weighted by molar-refractivity contribution is 7.98. The Morgan fingerprint density at radius 3 is 1.83 bits per heavy atom. The van der Waals surface area contributed by atoms with E-state index in [0.29, 0.717) is 25.3 Å². The third-order valence-electron chi connectivity index (χ3n) is 5.24. The first-order chi connectivity index (χ1) is 13.8. The first-order valence-corrected chi connectivity index (χ1v) is 12.2. The largest absolute Gasteiger partial charge is 0.341 e. The van der Waals surface area contributed by atoms with E-state index in [9.17, 15) is 14.4 Å². The van der Waals surface area contributed by atoms with E-state index >= 15 is 0 Å². The van der Waals surface area contributed by atoms with Gasteiger partial charge in [0.1, 0.15) is 6.04 Å². The molecule has 1 fully saturated rings. The number of fused-ring (bicyclic) bond motifs is 1. The second-order valence-electron chi connectivity index (χ2n) is 7.02. The molecular weight excluding hydrogens is 478 g/mol. The number of benzene rings is 1. The van der Waals surface area contributed by atoms with Crippen LogP contribution < -0.4 is 0 Å². The van der Waals surface area contributed by atoms with Crippen molar-refractivity contribution in [1.82, 2.24) is 9.80 Å². The lowest BCUT2D eigenvalue weighted by Crippen LogP contribution is -2.51. The van der Waals surface area contributed by atoms with Gasteiger partial charge in [-0.15, -0.1) is 0 Å². The number of hydrogen-bond donors (Lipinski definition) is 0. The van der Waals surface area contributed by atoms with Gasteiger partial charge in [-0.3, -0.25) is 19.3 Å².